The predicted octanol–water partition coefficient (Wildman–Crippen LogP) is 4.81. The summed E-state index contributed by atoms with van der Waals surface area (Å²) in [4.78, 5) is 27.0. The number of nitrogens with zero attached hydrogens (tertiary/aromatic N) is 1. The van der Waals surface area contributed by atoms with Gasteiger partial charge in [-0.05, 0) is 48.7 Å². The standard InChI is InChI=1S/C24H26N2O5S2/c1-30-19-12-11-16(14-20(19)31-2)15-21-23(29)26(24(32)33-21)13-7-3-4-10-22(28)25-17-8-5-6-9-18(17)27/h5-6,8-9,11-12,14-15,27H,3-4,7,10,13H2,1-2H3,(H,25,28)/b21-15-. The first kappa shape index (κ1) is 24.6. The number of benzene rings is 2. The van der Waals surface area contributed by atoms with Gasteiger partial charge in [-0.15, -0.1) is 0 Å². The van der Waals surface area contributed by atoms with E-state index in [1.54, 1.807) is 49.5 Å². The van der Waals surface area contributed by atoms with Crippen molar-refractivity contribution in [1.29, 1.82) is 0 Å². The number of unbranched alkanes of at least 4 members (excludes halogenated alkanes) is 2. The van der Waals surface area contributed by atoms with Gasteiger partial charge in [0.1, 0.15) is 10.1 Å². The quantitative estimate of drug-likeness (QED) is 0.216. The van der Waals surface area contributed by atoms with Gasteiger partial charge in [0.2, 0.25) is 5.91 Å². The number of anilines is 1. The topological polar surface area (TPSA) is 88.1 Å². The normalized spacial score (nSPS) is 14.6. The molecule has 33 heavy (non-hydrogen) atoms. The molecule has 0 bridgehead atoms. The highest BCUT2D eigenvalue weighted by Crippen LogP contribution is 2.34. The number of phenolic OH excluding ortho intramolecular Hbond substituents is 1. The van der Waals surface area contributed by atoms with Gasteiger partial charge in [-0.1, -0.05) is 48.6 Å². The number of hydrogen-bond acceptors (Lipinski definition) is 7. The summed E-state index contributed by atoms with van der Waals surface area (Å²) in [6, 6.07) is 12.1. The third-order valence-electron chi connectivity index (χ3n) is 5.04. The second kappa shape index (κ2) is 11.7. The van der Waals surface area contributed by atoms with Gasteiger partial charge in [-0.3, -0.25) is 14.5 Å². The average Bonchev–Trinajstić information content (AvgIpc) is 3.07. The van der Waals surface area contributed by atoms with Crippen LogP contribution in [0, 0.1) is 0 Å². The van der Waals surface area contributed by atoms with Gasteiger partial charge in [0.25, 0.3) is 5.91 Å². The molecule has 7 nitrogen and oxygen atoms in total. The highest BCUT2D eigenvalue weighted by Gasteiger charge is 2.31. The largest absolute Gasteiger partial charge is 0.506 e. The Morgan fingerprint density at radius 2 is 1.88 bits per heavy atom. The van der Waals surface area contributed by atoms with E-state index < -0.39 is 0 Å². The summed E-state index contributed by atoms with van der Waals surface area (Å²) in [7, 11) is 3.14. The Hall–Kier alpha value is -3.04. The van der Waals surface area contributed by atoms with Crippen LogP contribution < -0.4 is 14.8 Å². The van der Waals surface area contributed by atoms with E-state index in [-0.39, 0.29) is 17.6 Å². The summed E-state index contributed by atoms with van der Waals surface area (Å²) in [6.07, 6.45) is 4.33. The van der Waals surface area contributed by atoms with E-state index in [0.29, 0.717) is 45.8 Å². The smallest absolute Gasteiger partial charge is 0.266 e. The van der Waals surface area contributed by atoms with Crippen molar-refractivity contribution in [3.05, 3.63) is 52.9 Å². The maximum absolute atomic E-state index is 12.8. The maximum atomic E-state index is 12.8. The fraction of sp³-hybridized carbons (Fsp3) is 0.292. The Morgan fingerprint density at radius 1 is 1.12 bits per heavy atom. The molecule has 0 radical (unpaired) electrons. The molecule has 0 saturated carbocycles. The van der Waals surface area contributed by atoms with Crippen LogP contribution in [0.2, 0.25) is 0 Å². The Balaban J connectivity index is 1.47. The van der Waals surface area contributed by atoms with Crippen LogP contribution in [-0.2, 0) is 9.59 Å². The first-order valence-corrected chi connectivity index (χ1v) is 11.7. The van der Waals surface area contributed by atoms with Crippen LogP contribution in [0.15, 0.2) is 47.4 Å². The molecule has 2 N–H and O–H groups in total. The van der Waals surface area contributed by atoms with Crippen LogP contribution in [0.5, 0.6) is 17.2 Å². The summed E-state index contributed by atoms with van der Waals surface area (Å²) >= 11 is 6.68. The molecule has 2 amide bonds. The molecule has 0 unspecified atom stereocenters. The Morgan fingerprint density at radius 3 is 2.61 bits per heavy atom. The molecule has 1 aliphatic rings. The molecule has 0 aromatic heterocycles. The summed E-state index contributed by atoms with van der Waals surface area (Å²) in [5, 5.41) is 12.4. The van der Waals surface area contributed by atoms with Crippen molar-refractivity contribution < 1.29 is 24.2 Å². The van der Waals surface area contributed by atoms with Crippen LogP contribution in [0.25, 0.3) is 6.08 Å². The van der Waals surface area contributed by atoms with Gasteiger partial charge in [-0.2, -0.15) is 0 Å². The highest BCUT2D eigenvalue weighted by molar-refractivity contribution is 8.26. The second-order valence-corrected chi connectivity index (χ2v) is 9.00. The van der Waals surface area contributed by atoms with E-state index in [9.17, 15) is 14.7 Å². The predicted molar refractivity (Wildman–Crippen MR) is 135 cm³/mol. The van der Waals surface area contributed by atoms with Crippen molar-refractivity contribution in [3.8, 4) is 17.2 Å². The SMILES string of the molecule is COc1ccc(/C=C2\SC(=S)N(CCCCCC(=O)Nc3ccccc3O)C2=O)cc1OC. The molecule has 1 aliphatic heterocycles. The zero-order valence-corrected chi connectivity index (χ0v) is 20.1. The van der Waals surface area contributed by atoms with Crippen molar-refractivity contribution in [2.45, 2.75) is 25.7 Å². The molecule has 1 fully saturated rings. The number of carbonyl (C=O) groups excluding carboxylic acids is 2. The van der Waals surface area contributed by atoms with Crippen molar-refractivity contribution >= 4 is 51.9 Å². The van der Waals surface area contributed by atoms with E-state index in [0.717, 1.165) is 18.4 Å². The maximum Gasteiger partial charge on any atom is 0.266 e. The number of carbonyl (C=O) groups is 2. The number of rotatable bonds is 10. The van der Waals surface area contributed by atoms with Gasteiger partial charge in [0.05, 0.1) is 24.8 Å². The lowest BCUT2D eigenvalue weighted by Gasteiger charge is -2.14. The van der Waals surface area contributed by atoms with E-state index in [1.165, 1.54) is 17.8 Å². The molecule has 174 valence electrons. The first-order chi connectivity index (χ1) is 15.9. The summed E-state index contributed by atoms with van der Waals surface area (Å²) < 4.78 is 11.1. The zero-order chi connectivity index (χ0) is 23.8. The third kappa shape index (κ3) is 6.49. The number of amides is 2. The van der Waals surface area contributed by atoms with E-state index >= 15 is 0 Å². The van der Waals surface area contributed by atoms with Crippen molar-refractivity contribution in [1.82, 2.24) is 4.90 Å². The monoisotopic (exact) mass is 486 g/mol. The van der Waals surface area contributed by atoms with E-state index in [1.807, 2.05) is 12.1 Å². The number of thioether (sulfide) groups is 1. The fourth-order valence-corrected chi connectivity index (χ4v) is 4.62. The number of para-hydroxylation sites is 2. The molecule has 2 aromatic carbocycles. The Kier molecular flexibility index (Phi) is 8.73. The molecule has 9 heteroatoms. The van der Waals surface area contributed by atoms with E-state index in [4.69, 9.17) is 21.7 Å². The van der Waals surface area contributed by atoms with Gasteiger partial charge >= 0.3 is 0 Å². The molecule has 2 aromatic rings. The summed E-state index contributed by atoms with van der Waals surface area (Å²) in [5.41, 5.74) is 1.23. The van der Waals surface area contributed by atoms with Crippen LogP contribution in [0.1, 0.15) is 31.2 Å². The lowest BCUT2D eigenvalue weighted by molar-refractivity contribution is -0.122. The molecule has 1 saturated heterocycles. The second-order valence-electron chi connectivity index (χ2n) is 7.32. The minimum atomic E-state index is -0.153. The number of ether oxygens (including phenoxy) is 2. The third-order valence-corrected chi connectivity index (χ3v) is 6.42. The van der Waals surface area contributed by atoms with Gasteiger partial charge in [0, 0.05) is 13.0 Å². The Bertz CT molecular complexity index is 1070. The van der Waals surface area contributed by atoms with Crippen molar-refractivity contribution in [2.24, 2.45) is 0 Å². The number of methoxy groups -OCH3 is 2. The molecule has 3 rings (SSSR count). The molecule has 1 heterocycles. The molecule has 0 spiro atoms. The number of nitrogens with one attached hydrogen (secondary N) is 1. The van der Waals surface area contributed by atoms with Gasteiger partial charge < -0.3 is 19.9 Å². The lowest BCUT2D eigenvalue weighted by atomic mass is 10.1. The average molecular weight is 487 g/mol. The number of phenols is 1. The lowest BCUT2D eigenvalue weighted by Crippen LogP contribution is -2.29. The fourth-order valence-electron chi connectivity index (χ4n) is 3.31. The van der Waals surface area contributed by atoms with Crippen LogP contribution in [0.3, 0.4) is 0 Å². The van der Waals surface area contributed by atoms with Crippen molar-refractivity contribution in [2.75, 3.05) is 26.1 Å². The van der Waals surface area contributed by atoms with Crippen LogP contribution in [-0.4, -0.2) is 46.9 Å². The summed E-state index contributed by atoms with van der Waals surface area (Å²) in [6.45, 7) is 0.509. The van der Waals surface area contributed by atoms with Crippen LogP contribution >= 0.6 is 24.0 Å². The van der Waals surface area contributed by atoms with Gasteiger partial charge in [-0.25, -0.2) is 0 Å². The number of aromatic hydroxyl groups is 1. The highest BCUT2D eigenvalue weighted by atomic mass is 32.2. The molecule has 0 atom stereocenters. The minimum Gasteiger partial charge on any atom is -0.506 e. The number of thiocarbonyl (C=S) groups is 1. The molecular weight excluding hydrogens is 460 g/mol. The van der Waals surface area contributed by atoms with E-state index in [2.05, 4.69) is 5.32 Å². The van der Waals surface area contributed by atoms with Crippen LogP contribution in [0.4, 0.5) is 5.69 Å². The zero-order valence-electron chi connectivity index (χ0n) is 18.5. The molecule has 0 aliphatic carbocycles. The van der Waals surface area contributed by atoms with Gasteiger partial charge in [0.15, 0.2) is 11.5 Å². The van der Waals surface area contributed by atoms with Crippen molar-refractivity contribution in [3.63, 3.8) is 0 Å². The summed E-state index contributed by atoms with van der Waals surface area (Å²) in [5.74, 6) is 0.989. The number of hydrogen-bond donors (Lipinski definition) is 2. The molecular formula is C24H26N2O5S2. The minimum absolute atomic E-state index is 0.0429. The Labute approximate surface area is 202 Å². The first-order valence-electron chi connectivity index (χ1n) is 10.5.